The Labute approximate surface area is 112 Å². The van der Waals surface area contributed by atoms with Crippen molar-refractivity contribution < 1.29 is 18.0 Å². The van der Waals surface area contributed by atoms with Crippen LogP contribution in [-0.4, -0.2) is 39.8 Å². The predicted octanol–water partition coefficient (Wildman–Crippen LogP) is 1.60. The second-order valence-electron chi connectivity index (χ2n) is 4.06. The Morgan fingerprint density at radius 1 is 1.40 bits per heavy atom. The molecule has 0 aliphatic heterocycles. The van der Waals surface area contributed by atoms with E-state index in [2.05, 4.69) is 10.1 Å². The third-order valence-electron chi connectivity index (χ3n) is 2.46. The first kappa shape index (κ1) is 14.0. The minimum absolute atomic E-state index is 0.100. The highest BCUT2D eigenvalue weighted by molar-refractivity contribution is 5.93. The Balaban J connectivity index is 2.04. The Bertz CT molecular complexity index is 585. The lowest BCUT2D eigenvalue weighted by atomic mass is 10.3. The standard InChI is InChI=1S/C12H11F3N4O/c13-7-12(14,15)8-17-11(20)9-4-18-19(6-9)10-2-1-3-16-5-10/h1-6H,7-8H2,(H,17,20). The van der Waals surface area contributed by atoms with Crippen molar-refractivity contribution in [1.82, 2.24) is 20.1 Å². The molecule has 106 valence electrons. The number of hydrogen-bond acceptors (Lipinski definition) is 3. The first-order chi connectivity index (χ1) is 9.52. The number of nitrogens with zero attached hydrogens (tertiary/aromatic N) is 3. The summed E-state index contributed by atoms with van der Waals surface area (Å²) in [7, 11) is 0. The molecule has 0 saturated carbocycles. The number of carbonyl (C=O) groups is 1. The molecular formula is C12H11F3N4O. The molecular weight excluding hydrogens is 273 g/mol. The van der Waals surface area contributed by atoms with Crippen molar-refractivity contribution in [3.63, 3.8) is 0 Å². The van der Waals surface area contributed by atoms with Crippen LogP contribution < -0.4 is 5.32 Å². The molecule has 0 aliphatic rings. The molecule has 5 nitrogen and oxygen atoms in total. The lowest BCUT2D eigenvalue weighted by Crippen LogP contribution is -2.37. The van der Waals surface area contributed by atoms with Gasteiger partial charge in [-0.05, 0) is 12.1 Å². The molecule has 2 heterocycles. The van der Waals surface area contributed by atoms with Crippen molar-refractivity contribution in [3.05, 3.63) is 42.5 Å². The van der Waals surface area contributed by atoms with Crippen molar-refractivity contribution in [2.24, 2.45) is 0 Å². The van der Waals surface area contributed by atoms with Crippen LogP contribution in [0.2, 0.25) is 0 Å². The molecule has 0 radical (unpaired) electrons. The van der Waals surface area contributed by atoms with Gasteiger partial charge in [0.05, 0.1) is 30.2 Å². The number of rotatable bonds is 5. The number of aromatic nitrogens is 3. The lowest BCUT2D eigenvalue weighted by Gasteiger charge is -2.12. The molecule has 0 fully saturated rings. The molecule has 0 bridgehead atoms. The van der Waals surface area contributed by atoms with Gasteiger partial charge in [0.1, 0.15) is 0 Å². The molecule has 0 aliphatic carbocycles. The normalized spacial score (nSPS) is 11.3. The molecule has 1 amide bonds. The highest BCUT2D eigenvalue weighted by atomic mass is 19.3. The van der Waals surface area contributed by atoms with Gasteiger partial charge in [-0.3, -0.25) is 9.78 Å². The van der Waals surface area contributed by atoms with Crippen LogP contribution in [0, 0.1) is 0 Å². The summed E-state index contributed by atoms with van der Waals surface area (Å²) in [6.07, 6.45) is 5.72. The van der Waals surface area contributed by atoms with Crippen LogP contribution in [0.3, 0.4) is 0 Å². The SMILES string of the molecule is O=C(NCC(F)(F)CF)c1cnn(-c2cccnc2)c1. The molecule has 0 saturated heterocycles. The van der Waals surface area contributed by atoms with Crippen molar-refractivity contribution in [3.8, 4) is 5.69 Å². The van der Waals surface area contributed by atoms with Gasteiger partial charge in [-0.15, -0.1) is 0 Å². The van der Waals surface area contributed by atoms with Crippen LogP contribution in [0.1, 0.15) is 10.4 Å². The summed E-state index contributed by atoms with van der Waals surface area (Å²) in [5.41, 5.74) is 0.726. The summed E-state index contributed by atoms with van der Waals surface area (Å²) >= 11 is 0. The van der Waals surface area contributed by atoms with Crippen LogP contribution in [0.15, 0.2) is 36.9 Å². The second kappa shape index (κ2) is 5.72. The molecule has 20 heavy (non-hydrogen) atoms. The minimum Gasteiger partial charge on any atom is -0.346 e. The summed E-state index contributed by atoms with van der Waals surface area (Å²) in [5.74, 6) is -4.30. The number of amides is 1. The number of nitrogens with one attached hydrogen (secondary N) is 1. The molecule has 1 N–H and O–H groups in total. The maximum absolute atomic E-state index is 12.7. The van der Waals surface area contributed by atoms with E-state index < -0.39 is 25.0 Å². The monoisotopic (exact) mass is 284 g/mol. The first-order valence-corrected chi connectivity index (χ1v) is 5.69. The number of carbonyl (C=O) groups excluding carboxylic acids is 1. The number of hydrogen-bond donors (Lipinski definition) is 1. The fourth-order valence-corrected chi connectivity index (χ4v) is 1.43. The zero-order valence-corrected chi connectivity index (χ0v) is 10.3. The Kier molecular flexibility index (Phi) is 4.02. The van der Waals surface area contributed by atoms with Crippen molar-refractivity contribution in [1.29, 1.82) is 0 Å². The molecule has 0 unspecified atom stereocenters. The minimum atomic E-state index is -3.56. The summed E-state index contributed by atoms with van der Waals surface area (Å²) in [4.78, 5) is 15.5. The molecule has 2 rings (SSSR count). The smallest absolute Gasteiger partial charge is 0.292 e. The van der Waals surface area contributed by atoms with Crippen molar-refractivity contribution in [2.45, 2.75) is 5.92 Å². The number of halogens is 3. The quantitative estimate of drug-likeness (QED) is 0.907. The van der Waals surface area contributed by atoms with Gasteiger partial charge in [0.2, 0.25) is 0 Å². The van der Waals surface area contributed by atoms with Crippen molar-refractivity contribution >= 4 is 5.91 Å². The molecule has 2 aromatic heterocycles. The first-order valence-electron chi connectivity index (χ1n) is 5.69. The van der Waals surface area contributed by atoms with Gasteiger partial charge >= 0.3 is 0 Å². The van der Waals surface area contributed by atoms with Gasteiger partial charge in [0, 0.05) is 12.4 Å². The summed E-state index contributed by atoms with van der Waals surface area (Å²) < 4.78 is 38.7. The van der Waals surface area contributed by atoms with Gasteiger partial charge in [-0.1, -0.05) is 0 Å². The zero-order valence-electron chi connectivity index (χ0n) is 10.3. The lowest BCUT2D eigenvalue weighted by molar-refractivity contribution is -0.0196. The largest absolute Gasteiger partial charge is 0.346 e. The maximum atomic E-state index is 12.7. The Morgan fingerprint density at radius 2 is 2.20 bits per heavy atom. The van der Waals surface area contributed by atoms with E-state index in [1.807, 2.05) is 5.32 Å². The molecule has 0 aromatic carbocycles. The third-order valence-corrected chi connectivity index (χ3v) is 2.46. The van der Waals surface area contributed by atoms with Crippen LogP contribution in [0.5, 0.6) is 0 Å². The summed E-state index contributed by atoms with van der Waals surface area (Å²) in [6, 6.07) is 3.41. The van der Waals surface area contributed by atoms with E-state index in [1.165, 1.54) is 23.3 Å². The average molecular weight is 284 g/mol. The molecule has 2 aromatic rings. The van der Waals surface area contributed by atoms with E-state index in [0.29, 0.717) is 5.69 Å². The fraction of sp³-hybridized carbons (Fsp3) is 0.250. The van der Waals surface area contributed by atoms with Crippen molar-refractivity contribution in [2.75, 3.05) is 13.2 Å². The van der Waals surface area contributed by atoms with Gasteiger partial charge in [0.25, 0.3) is 11.8 Å². The van der Waals surface area contributed by atoms with Gasteiger partial charge in [0.15, 0.2) is 6.67 Å². The van der Waals surface area contributed by atoms with Gasteiger partial charge in [-0.25, -0.2) is 17.9 Å². The summed E-state index contributed by atoms with van der Waals surface area (Å²) in [6.45, 7) is -2.87. The topological polar surface area (TPSA) is 59.8 Å². The van der Waals surface area contributed by atoms with Crippen LogP contribution >= 0.6 is 0 Å². The van der Waals surface area contributed by atoms with E-state index >= 15 is 0 Å². The summed E-state index contributed by atoms with van der Waals surface area (Å²) in [5, 5.41) is 5.88. The van der Waals surface area contributed by atoms with Crippen LogP contribution in [0.4, 0.5) is 13.2 Å². The van der Waals surface area contributed by atoms with Crippen LogP contribution in [-0.2, 0) is 0 Å². The second-order valence-corrected chi connectivity index (χ2v) is 4.06. The third kappa shape index (κ3) is 3.34. The van der Waals surface area contributed by atoms with E-state index in [0.717, 1.165) is 0 Å². The Hall–Kier alpha value is -2.38. The molecule has 0 atom stereocenters. The van der Waals surface area contributed by atoms with Crippen LogP contribution in [0.25, 0.3) is 5.69 Å². The maximum Gasteiger partial charge on any atom is 0.292 e. The highest BCUT2D eigenvalue weighted by Crippen LogP contribution is 2.12. The van der Waals surface area contributed by atoms with Gasteiger partial charge in [-0.2, -0.15) is 5.10 Å². The number of alkyl halides is 3. The molecule has 0 spiro atoms. The predicted molar refractivity (Wildman–Crippen MR) is 64.6 cm³/mol. The molecule has 8 heteroatoms. The van der Waals surface area contributed by atoms with E-state index in [9.17, 15) is 18.0 Å². The van der Waals surface area contributed by atoms with Gasteiger partial charge < -0.3 is 5.32 Å². The fourth-order valence-electron chi connectivity index (χ4n) is 1.43. The number of pyridine rings is 1. The van der Waals surface area contributed by atoms with E-state index in [1.54, 1.807) is 18.3 Å². The highest BCUT2D eigenvalue weighted by Gasteiger charge is 2.29. The van der Waals surface area contributed by atoms with E-state index in [4.69, 9.17) is 0 Å². The average Bonchev–Trinajstić information content (AvgIpc) is 2.96. The Morgan fingerprint density at radius 3 is 2.85 bits per heavy atom. The van der Waals surface area contributed by atoms with E-state index in [-0.39, 0.29) is 5.56 Å². The zero-order chi connectivity index (χ0) is 14.6.